The maximum absolute atomic E-state index is 12.9. The van der Waals surface area contributed by atoms with E-state index in [0.29, 0.717) is 19.3 Å². The van der Waals surface area contributed by atoms with E-state index >= 15 is 0 Å². The Morgan fingerprint density at radius 1 is 0.274 bits per heavy atom. The van der Waals surface area contributed by atoms with Crippen LogP contribution in [0.2, 0.25) is 0 Å². The fourth-order valence-electron chi connectivity index (χ4n) is 9.15. The minimum absolute atomic E-state index is 0.0781. The van der Waals surface area contributed by atoms with Crippen LogP contribution in [0, 0.1) is 0 Å². The molecule has 424 valence electrons. The van der Waals surface area contributed by atoms with Crippen molar-refractivity contribution in [3.63, 3.8) is 0 Å². The molecule has 73 heavy (non-hydrogen) atoms. The molecule has 0 N–H and O–H groups in total. The van der Waals surface area contributed by atoms with E-state index in [9.17, 15) is 14.4 Å². The molecule has 6 nitrogen and oxygen atoms in total. The van der Waals surface area contributed by atoms with Crippen molar-refractivity contribution in [1.29, 1.82) is 0 Å². The summed E-state index contributed by atoms with van der Waals surface area (Å²) in [5.41, 5.74) is 0. The monoisotopic (exact) mass is 1020 g/mol. The van der Waals surface area contributed by atoms with Crippen molar-refractivity contribution in [1.82, 2.24) is 0 Å². The maximum atomic E-state index is 12.9. The molecule has 0 heterocycles. The van der Waals surface area contributed by atoms with Gasteiger partial charge in [0.05, 0.1) is 0 Å². The second-order valence-electron chi connectivity index (χ2n) is 21.3. The average Bonchev–Trinajstić information content (AvgIpc) is 3.39. The quantitative estimate of drug-likeness (QED) is 0.0261. The minimum Gasteiger partial charge on any atom is -0.462 e. The van der Waals surface area contributed by atoms with Gasteiger partial charge in [-0.15, -0.1) is 0 Å². The summed E-state index contributed by atoms with van der Waals surface area (Å²) in [5, 5.41) is 0. The average molecular weight is 1020 g/mol. The highest BCUT2D eigenvalue weighted by molar-refractivity contribution is 5.71. The highest BCUT2D eigenvalue weighted by atomic mass is 16.6. The fraction of sp³-hybridized carbons (Fsp3) is 0.806. The molecule has 0 saturated heterocycles. The van der Waals surface area contributed by atoms with Crippen LogP contribution in [0.1, 0.15) is 329 Å². The maximum Gasteiger partial charge on any atom is 0.306 e. The number of rotatable bonds is 58. The third kappa shape index (κ3) is 59.9. The molecule has 0 spiro atoms. The first-order chi connectivity index (χ1) is 36.0. The van der Waals surface area contributed by atoms with Gasteiger partial charge >= 0.3 is 17.9 Å². The first-order valence-corrected chi connectivity index (χ1v) is 31.8. The molecule has 0 aliphatic rings. The number of carbonyl (C=O) groups excluding carboxylic acids is 3. The normalized spacial score (nSPS) is 12.4. The van der Waals surface area contributed by atoms with Crippen molar-refractivity contribution >= 4 is 17.9 Å². The molecule has 1 atom stereocenters. The van der Waals surface area contributed by atoms with Gasteiger partial charge in [0.25, 0.3) is 0 Å². The van der Waals surface area contributed by atoms with Crippen LogP contribution in [0.4, 0.5) is 0 Å². The number of ether oxygens (including phenoxy) is 3. The summed E-state index contributed by atoms with van der Waals surface area (Å²) in [6.45, 7) is 6.62. The van der Waals surface area contributed by atoms with Crippen LogP contribution in [0.15, 0.2) is 60.8 Å². The van der Waals surface area contributed by atoms with Crippen LogP contribution in [-0.4, -0.2) is 37.2 Å². The zero-order valence-corrected chi connectivity index (χ0v) is 48.7. The van der Waals surface area contributed by atoms with E-state index in [1.807, 2.05) is 0 Å². The van der Waals surface area contributed by atoms with Gasteiger partial charge in [0.2, 0.25) is 0 Å². The zero-order chi connectivity index (χ0) is 52.9. The third-order valence-corrected chi connectivity index (χ3v) is 14.0. The Hall–Kier alpha value is -2.89. The van der Waals surface area contributed by atoms with Crippen molar-refractivity contribution in [2.24, 2.45) is 0 Å². The summed E-state index contributed by atoms with van der Waals surface area (Å²) in [5.74, 6) is -0.875. The Bertz CT molecular complexity index is 1310. The third-order valence-electron chi connectivity index (χ3n) is 14.0. The molecule has 0 aromatic carbocycles. The van der Waals surface area contributed by atoms with E-state index in [0.717, 1.165) is 77.0 Å². The molecule has 0 aromatic heterocycles. The summed E-state index contributed by atoms with van der Waals surface area (Å²) in [6.07, 6.45) is 77.8. The summed E-state index contributed by atoms with van der Waals surface area (Å²) in [4.78, 5) is 38.3. The topological polar surface area (TPSA) is 78.9 Å². The first-order valence-electron chi connectivity index (χ1n) is 31.8. The predicted octanol–water partition coefficient (Wildman–Crippen LogP) is 21.6. The smallest absolute Gasteiger partial charge is 0.306 e. The van der Waals surface area contributed by atoms with E-state index in [-0.39, 0.29) is 31.1 Å². The van der Waals surface area contributed by atoms with Crippen molar-refractivity contribution in [2.45, 2.75) is 335 Å². The van der Waals surface area contributed by atoms with E-state index in [2.05, 4.69) is 81.5 Å². The molecule has 0 fully saturated rings. The van der Waals surface area contributed by atoms with Crippen molar-refractivity contribution < 1.29 is 28.6 Å². The van der Waals surface area contributed by atoms with Crippen molar-refractivity contribution in [2.75, 3.05) is 13.2 Å². The van der Waals surface area contributed by atoms with Crippen molar-refractivity contribution in [3.8, 4) is 0 Å². The number of allylic oxidation sites excluding steroid dienone is 10. The second-order valence-corrected chi connectivity index (χ2v) is 21.3. The Morgan fingerprint density at radius 2 is 0.493 bits per heavy atom. The standard InChI is InChI=1S/C67H120O6/c1-4-7-10-13-16-19-22-25-28-31-33-36-38-41-44-47-50-53-56-59-65(68)71-62-64(73-67(70)61-58-55-52-49-46-43-40-35-30-27-24-21-18-15-12-9-6-3)63-72-66(69)60-57-54-51-48-45-42-39-37-34-32-29-26-23-20-17-14-11-8-5-2/h16,18-19,21,25-30,64H,4-15,17,20,22-24,31-63H2,1-3H3/b19-16-,21-18-,28-25-,29-26-,30-27-/t64-/m1/s1. The molecule has 0 aliphatic carbocycles. The number of esters is 3. The lowest BCUT2D eigenvalue weighted by Crippen LogP contribution is -2.30. The van der Waals surface area contributed by atoms with Crippen LogP contribution in [0.5, 0.6) is 0 Å². The van der Waals surface area contributed by atoms with Crippen LogP contribution < -0.4 is 0 Å². The van der Waals surface area contributed by atoms with Crippen molar-refractivity contribution in [3.05, 3.63) is 60.8 Å². The lowest BCUT2D eigenvalue weighted by molar-refractivity contribution is -0.167. The molecule has 0 radical (unpaired) electrons. The number of hydrogen-bond donors (Lipinski definition) is 0. The van der Waals surface area contributed by atoms with Gasteiger partial charge in [0, 0.05) is 19.3 Å². The Labute approximate surface area is 453 Å². The minimum atomic E-state index is -0.782. The highest BCUT2D eigenvalue weighted by Gasteiger charge is 2.19. The molecule has 0 bridgehead atoms. The lowest BCUT2D eigenvalue weighted by Gasteiger charge is -2.18. The summed E-state index contributed by atoms with van der Waals surface area (Å²) in [6, 6.07) is 0. The first kappa shape index (κ1) is 70.1. The molecule has 0 aromatic rings. The van der Waals surface area contributed by atoms with E-state index < -0.39 is 6.10 Å². The van der Waals surface area contributed by atoms with Gasteiger partial charge in [0.1, 0.15) is 13.2 Å². The number of carbonyl (C=O) groups is 3. The van der Waals surface area contributed by atoms with Crippen LogP contribution >= 0.6 is 0 Å². The Balaban J connectivity index is 4.37. The summed E-state index contributed by atoms with van der Waals surface area (Å²) < 4.78 is 16.9. The van der Waals surface area contributed by atoms with Crippen LogP contribution in [0.25, 0.3) is 0 Å². The Morgan fingerprint density at radius 3 is 0.795 bits per heavy atom. The predicted molar refractivity (Wildman–Crippen MR) is 316 cm³/mol. The number of hydrogen-bond acceptors (Lipinski definition) is 6. The van der Waals surface area contributed by atoms with E-state index in [4.69, 9.17) is 14.2 Å². The molecule has 0 rings (SSSR count). The van der Waals surface area contributed by atoms with Gasteiger partial charge in [-0.3, -0.25) is 14.4 Å². The fourth-order valence-corrected chi connectivity index (χ4v) is 9.15. The van der Waals surface area contributed by atoms with E-state index in [1.54, 1.807) is 0 Å². The largest absolute Gasteiger partial charge is 0.462 e. The highest BCUT2D eigenvalue weighted by Crippen LogP contribution is 2.16. The van der Waals surface area contributed by atoms with Crippen LogP contribution in [0.3, 0.4) is 0 Å². The molecular formula is C67H120O6. The molecule has 6 heteroatoms. The molecule has 0 aliphatic heterocycles. The van der Waals surface area contributed by atoms with Gasteiger partial charge < -0.3 is 14.2 Å². The van der Waals surface area contributed by atoms with Gasteiger partial charge in [0.15, 0.2) is 6.10 Å². The van der Waals surface area contributed by atoms with Gasteiger partial charge in [-0.1, -0.05) is 261 Å². The zero-order valence-electron chi connectivity index (χ0n) is 48.7. The van der Waals surface area contributed by atoms with Gasteiger partial charge in [-0.25, -0.2) is 0 Å². The molecular weight excluding hydrogens is 901 g/mol. The van der Waals surface area contributed by atoms with E-state index in [1.165, 1.54) is 212 Å². The molecule has 0 amide bonds. The summed E-state index contributed by atoms with van der Waals surface area (Å²) >= 11 is 0. The van der Waals surface area contributed by atoms with Crippen LogP contribution in [-0.2, 0) is 28.6 Å². The van der Waals surface area contributed by atoms with Gasteiger partial charge in [-0.2, -0.15) is 0 Å². The SMILES string of the molecule is CCCCC/C=C\C/C=C\CCCCCCCCCCCC(=O)OC[C@H](COC(=O)CCCCCCCCCCC/C=C\CCCCCCCC)OC(=O)CCCCCCCCC/C=C\C/C=C\CCCCC. The Kier molecular flexibility index (Phi) is 59.2. The second kappa shape index (κ2) is 61.7. The van der Waals surface area contributed by atoms with Gasteiger partial charge in [-0.05, 0) is 109 Å². The molecule has 0 saturated carbocycles. The number of unbranched alkanes of at least 4 members (excludes halogenated alkanes) is 37. The molecule has 0 unspecified atom stereocenters. The lowest BCUT2D eigenvalue weighted by atomic mass is 10.1. The summed E-state index contributed by atoms with van der Waals surface area (Å²) in [7, 11) is 0.